The lowest BCUT2D eigenvalue weighted by molar-refractivity contribution is 0.202. The van der Waals surface area contributed by atoms with E-state index in [1.807, 2.05) is 4.68 Å². The van der Waals surface area contributed by atoms with Gasteiger partial charge in [0.05, 0.1) is 12.2 Å². The van der Waals surface area contributed by atoms with E-state index in [1.165, 1.54) is 24.2 Å². The molecule has 1 saturated carbocycles. The van der Waals surface area contributed by atoms with Gasteiger partial charge in [0.2, 0.25) is 0 Å². The van der Waals surface area contributed by atoms with Gasteiger partial charge in [-0.25, -0.2) is 9.48 Å². The molecule has 16 heavy (non-hydrogen) atoms. The quantitative estimate of drug-likeness (QED) is 0.838. The molecule has 1 N–H and O–H groups in total. The first-order valence-electron chi connectivity index (χ1n) is 5.70. The second-order valence-electron chi connectivity index (χ2n) is 4.27. The maximum Gasteiger partial charge on any atom is 0.412 e. The predicted octanol–water partition coefficient (Wildman–Crippen LogP) is 2.50. The average molecular weight is 223 g/mol. The van der Waals surface area contributed by atoms with Crippen LogP contribution in [0.4, 0.5) is 10.6 Å². The highest BCUT2D eigenvalue weighted by molar-refractivity contribution is 5.83. The molecule has 1 aromatic heterocycles. The number of anilines is 1. The molecule has 2 rings (SSSR count). The van der Waals surface area contributed by atoms with Crippen LogP contribution < -0.4 is 4.90 Å². The number of carbonyl (C=O) groups is 1. The van der Waals surface area contributed by atoms with Crippen LogP contribution in [0, 0.1) is 0 Å². The van der Waals surface area contributed by atoms with Crippen LogP contribution in [0.5, 0.6) is 0 Å². The van der Waals surface area contributed by atoms with E-state index in [4.69, 9.17) is 5.11 Å². The van der Waals surface area contributed by atoms with Gasteiger partial charge in [0.1, 0.15) is 5.82 Å². The van der Waals surface area contributed by atoms with Crippen molar-refractivity contribution in [2.45, 2.75) is 38.1 Å². The monoisotopic (exact) mass is 223 g/mol. The molecule has 0 unspecified atom stereocenters. The Morgan fingerprint density at radius 2 is 2.19 bits per heavy atom. The highest BCUT2D eigenvalue weighted by Crippen LogP contribution is 2.30. The van der Waals surface area contributed by atoms with E-state index in [0.717, 1.165) is 12.8 Å². The molecule has 0 radical (unpaired) electrons. The fourth-order valence-electron chi connectivity index (χ4n) is 2.28. The van der Waals surface area contributed by atoms with Crippen LogP contribution in [-0.4, -0.2) is 28.0 Å². The molecule has 5 heteroatoms. The first kappa shape index (κ1) is 11.0. The van der Waals surface area contributed by atoms with E-state index in [0.29, 0.717) is 11.9 Å². The zero-order valence-electron chi connectivity index (χ0n) is 9.46. The Kier molecular flexibility index (Phi) is 3.12. The first-order chi connectivity index (χ1) is 7.70. The van der Waals surface area contributed by atoms with Gasteiger partial charge in [-0.2, -0.15) is 5.10 Å². The van der Waals surface area contributed by atoms with E-state index >= 15 is 0 Å². The summed E-state index contributed by atoms with van der Waals surface area (Å²) in [7, 11) is 1.55. The number of nitrogens with zero attached hydrogens (tertiary/aromatic N) is 3. The van der Waals surface area contributed by atoms with Crippen molar-refractivity contribution >= 4 is 11.9 Å². The Labute approximate surface area is 94.7 Å². The number of aromatic nitrogens is 2. The van der Waals surface area contributed by atoms with Gasteiger partial charge in [-0.3, -0.25) is 4.90 Å². The second-order valence-corrected chi connectivity index (χ2v) is 4.27. The van der Waals surface area contributed by atoms with E-state index < -0.39 is 6.09 Å². The van der Waals surface area contributed by atoms with E-state index in [2.05, 4.69) is 5.10 Å². The Hall–Kier alpha value is -1.52. The summed E-state index contributed by atoms with van der Waals surface area (Å²) >= 11 is 0. The molecule has 0 bridgehead atoms. The van der Waals surface area contributed by atoms with Crippen molar-refractivity contribution in [2.75, 3.05) is 11.9 Å². The van der Waals surface area contributed by atoms with E-state index in [-0.39, 0.29) is 0 Å². The van der Waals surface area contributed by atoms with Crippen molar-refractivity contribution in [1.82, 2.24) is 9.78 Å². The minimum Gasteiger partial charge on any atom is -0.465 e. The largest absolute Gasteiger partial charge is 0.465 e. The van der Waals surface area contributed by atoms with Crippen LogP contribution >= 0.6 is 0 Å². The van der Waals surface area contributed by atoms with Gasteiger partial charge >= 0.3 is 6.09 Å². The molecular formula is C11H17N3O2. The third-order valence-electron chi connectivity index (χ3n) is 3.20. The van der Waals surface area contributed by atoms with Crippen LogP contribution in [0.15, 0.2) is 12.3 Å². The lowest BCUT2D eigenvalue weighted by Gasteiger charge is -2.25. The molecule has 88 valence electrons. The molecule has 0 saturated heterocycles. The van der Waals surface area contributed by atoms with Crippen molar-refractivity contribution < 1.29 is 9.90 Å². The van der Waals surface area contributed by atoms with Crippen LogP contribution in [0.25, 0.3) is 0 Å². The molecule has 5 nitrogen and oxygen atoms in total. The fourth-order valence-corrected chi connectivity index (χ4v) is 2.28. The van der Waals surface area contributed by atoms with Gasteiger partial charge in [-0.05, 0) is 12.8 Å². The first-order valence-corrected chi connectivity index (χ1v) is 5.70. The lowest BCUT2D eigenvalue weighted by Crippen LogP contribution is -2.28. The maximum atomic E-state index is 10.9. The normalized spacial score (nSPS) is 17.3. The van der Waals surface area contributed by atoms with E-state index in [9.17, 15) is 4.79 Å². The predicted molar refractivity (Wildman–Crippen MR) is 60.8 cm³/mol. The van der Waals surface area contributed by atoms with Crippen molar-refractivity contribution in [3.63, 3.8) is 0 Å². The summed E-state index contributed by atoms with van der Waals surface area (Å²) in [6, 6.07) is 2.11. The Balaban J connectivity index is 2.20. The molecular weight excluding hydrogens is 206 g/mol. The number of hydrogen-bond donors (Lipinski definition) is 1. The molecule has 1 amide bonds. The van der Waals surface area contributed by atoms with Gasteiger partial charge in [-0.1, -0.05) is 19.3 Å². The molecule has 0 aliphatic heterocycles. The van der Waals surface area contributed by atoms with Gasteiger partial charge in [0.15, 0.2) is 0 Å². The topological polar surface area (TPSA) is 58.4 Å². The van der Waals surface area contributed by atoms with Crippen LogP contribution in [0.3, 0.4) is 0 Å². The van der Waals surface area contributed by atoms with Crippen molar-refractivity contribution in [1.29, 1.82) is 0 Å². The molecule has 0 spiro atoms. The summed E-state index contributed by atoms with van der Waals surface area (Å²) in [4.78, 5) is 12.1. The molecule has 1 aromatic rings. The summed E-state index contributed by atoms with van der Waals surface area (Å²) in [6.07, 6.45) is 6.62. The summed E-state index contributed by atoms with van der Waals surface area (Å²) in [6.45, 7) is 0. The Morgan fingerprint density at radius 1 is 1.50 bits per heavy atom. The fraction of sp³-hybridized carbons (Fsp3) is 0.636. The van der Waals surface area contributed by atoms with Crippen LogP contribution in [0.1, 0.15) is 38.1 Å². The van der Waals surface area contributed by atoms with Gasteiger partial charge in [0, 0.05) is 13.1 Å². The number of rotatable bonds is 2. The van der Waals surface area contributed by atoms with E-state index in [1.54, 1.807) is 19.3 Å². The smallest absolute Gasteiger partial charge is 0.412 e. The van der Waals surface area contributed by atoms with Crippen molar-refractivity contribution in [3.8, 4) is 0 Å². The molecule has 0 aromatic carbocycles. The SMILES string of the molecule is CN(C(=O)O)c1ccnn1C1CCCCC1. The van der Waals surface area contributed by atoms with Gasteiger partial charge < -0.3 is 5.11 Å². The average Bonchev–Trinajstić information content (AvgIpc) is 2.77. The summed E-state index contributed by atoms with van der Waals surface area (Å²) in [5.74, 6) is 0.666. The summed E-state index contributed by atoms with van der Waals surface area (Å²) in [5.41, 5.74) is 0. The maximum absolute atomic E-state index is 10.9. The Morgan fingerprint density at radius 3 is 2.81 bits per heavy atom. The minimum atomic E-state index is -0.947. The third kappa shape index (κ3) is 2.03. The summed E-state index contributed by atoms with van der Waals surface area (Å²) in [5, 5.41) is 13.2. The minimum absolute atomic E-state index is 0.362. The number of amides is 1. The highest BCUT2D eigenvalue weighted by atomic mass is 16.4. The van der Waals surface area contributed by atoms with Crippen LogP contribution in [0.2, 0.25) is 0 Å². The second kappa shape index (κ2) is 4.55. The molecule has 0 atom stereocenters. The zero-order chi connectivity index (χ0) is 11.5. The lowest BCUT2D eigenvalue weighted by atomic mass is 9.96. The van der Waals surface area contributed by atoms with Crippen LogP contribution in [-0.2, 0) is 0 Å². The molecule has 1 fully saturated rings. The summed E-state index contributed by atoms with van der Waals surface area (Å²) < 4.78 is 1.85. The standard InChI is InChI=1S/C11H17N3O2/c1-13(11(15)16)10-7-8-12-14(10)9-5-3-2-4-6-9/h7-9H,2-6H2,1H3,(H,15,16). The molecule has 1 heterocycles. The Bertz CT molecular complexity index is 369. The molecule has 1 aliphatic rings. The zero-order valence-corrected chi connectivity index (χ0v) is 9.46. The van der Waals surface area contributed by atoms with Gasteiger partial charge in [0.25, 0.3) is 0 Å². The van der Waals surface area contributed by atoms with Gasteiger partial charge in [-0.15, -0.1) is 0 Å². The van der Waals surface area contributed by atoms with Crippen molar-refractivity contribution in [3.05, 3.63) is 12.3 Å². The molecule has 1 aliphatic carbocycles. The number of carboxylic acid groups (broad SMARTS) is 1. The highest BCUT2D eigenvalue weighted by Gasteiger charge is 2.21. The third-order valence-corrected chi connectivity index (χ3v) is 3.20. The van der Waals surface area contributed by atoms with Crippen molar-refractivity contribution in [2.24, 2.45) is 0 Å². The number of hydrogen-bond acceptors (Lipinski definition) is 2.